The maximum absolute atomic E-state index is 12.4. The van der Waals surface area contributed by atoms with Crippen molar-refractivity contribution in [3.8, 4) is 17.1 Å². The third-order valence-electron chi connectivity index (χ3n) is 4.24. The van der Waals surface area contributed by atoms with Crippen molar-refractivity contribution in [1.29, 1.82) is 0 Å². The fourth-order valence-electron chi connectivity index (χ4n) is 2.75. The summed E-state index contributed by atoms with van der Waals surface area (Å²) in [5.41, 5.74) is 1.79. The van der Waals surface area contributed by atoms with Gasteiger partial charge in [-0.05, 0) is 42.0 Å². The molecule has 0 saturated heterocycles. The molecule has 0 unspecified atom stereocenters. The molecule has 7 heteroatoms. The minimum atomic E-state index is -3.54. The van der Waals surface area contributed by atoms with Crippen molar-refractivity contribution in [2.75, 3.05) is 0 Å². The Morgan fingerprint density at radius 2 is 1.48 bits per heavy atom. The van der Waals surface area contributed by atoms with E-state index < -0.39 is 9.84 Å². The van der Waals surface area contributed by atoms with Gasteiger partial charge in [0.2, 0.25) is 11.7 Å². The van der Waals surface area contributed by atoms with Crippen LogP contribution in [0.2, 0.25) is 0 Å². The zero-order valence-electron chi connectivity index (χ0n) is 15.4. The van der Waals surface area contributed by atoms with Gasteiger partial charge in [0.05, 0.1) is 4.90 Å². The van der Waals surface area contributed by atoms with Crippen LogP contribution in [-0.4, -0.2) is 18.6 Å². The Hall–Kier alpha value is -3.45. The molecule has 4 aromatic rings. The first-order valence-electron chi connectivity index (χ1n) is 8.98. The highest BCUT2D eigenvalue weighted by atomic mass is 32.2. The average molecular weight is 406 g/mol. The fraction of sp³-hybridized carbons (Fsp3) is 0.0909. The van der Waals surface area contributed by atoms with Gasteiger partial charge in [-0.1, -0.05) is 53.7 Å². The van der Waals surface area contributed by atoms with Crippen LogP contribution in [0.25, 0.3) is 11.4 Å². The lowest BCUT2D eigenvalue weighted by Gasteiger charge is -2.06. The zero-order valence-corrected chi connectivity index (χ0v) is 16.2. The van der Waals surface area contributed by atoms with Gasteiger partial charge in [-0.3, -0.25) is 0 Å². The van der Waals surface area contributed by atoms with E-state index in [9.17, 15) is 8.42 Å². The Morgan fingerprint density at radius 1 is 0.828 bits per heavy atom. The number of hydrogen-bond donors (Lipinski definition) is 0. The maximum atomic E-state index is 12.4. The van der Waals surface area contributed by atoms with Crippen LogP contribution in [0.15, 0.2) is 94.3 Å². The second kappa shape index (κ2) is 8.28. The molecule has 0 saturated carbocycles. The molecule has 0 atom stereocenters. The highest BCUT2D eigenvalue weighted by Crippen LogP contribution is 2.22. The number of ether oxygens (including phenoxy) is 1. The first kappa shape index (κ1) is 18.9. The standard InChI is InChI=1S/C22H18N2O4S/c25-29(26,20-9-5-2-6-10-20)16-21-23-22(24-28-21)18-11-13-19(14-12-18)27-15-17-7-3-1-4-8-17/h1-14H,15-16H2. The van der Waals surface area contributed by atoms with E-state index in [-0.39, 0.29) is 16.5 Å². The van der Waals surface area contributed by atoms with Crippen LogP contribution < -0.4 is 4.74 Å². The summed E-state index contributed by atoms with van der Waals surface area (Å²) in [5, 5.41) is 3.90. The van der Waals surface area contributed by atoms with Crippen LogP contribution in [0, 0.1) is 0 Å². The third-order valence-corrected chi connectivity index (χ3v) is 5.86. The summed E-state index contributed by atoms with van der Waals surface area (Å²) in [6.07, 6.45) is 0. The van der Waals surface area contributed by atoms with E-state index in [2.05, 4.69) is 10.1 Å². The van der Waals surface area contributed by atoms with Crippen molar-refractivity contribution >= 4 is 9.84 Å². The number of aromatic nitrogens is 2. The van der Waals surface area contributed by atoms with E-state index in [1.165, 1.54) is 0 Å². The highest BCUT2D eigenvalue weighted by molar-refractivity contribution is 7.90. The van der Waals surface area contributed by atoms with Gasteiger partial charge in [0.1, 0.15) is 18.1 Å². The number of nitrogens with zero attached hydrogens (tertiary/aromatic N) is 2. The first-order valence-corrected chi connectivity index (χ1v) is 10.6. The van der Waals surface area contributed by atoms with E-state index in [4.69, 9.17) is 9.26 Å². The van der Waals surface area contributed by atoms with Crippen molar-refractivity contribution in [3.63, 3.8) is 0 Å². The number of benzene rings is 3. The van der Waals surface area contributed by atoms with Crippen molar-refractivity contribution in [2.45, 2.75) is 17.3 Å². The van der Waals surface area contributed by atoms with Gasteiger partial charge in [0.25, 0.3) is 0 Å². The van der Waals surface area contributed by atoms with E-state index in [0.717, 1.165) is 5.56 Å². The smallest absolute Gasteiger partial charge is 0.242 e. The molecule has 4 rings (SSSR count). The summed E-state index contributed by atoms with van der Waals surface area (Å²) < 4.78 is 35.8. The molecule has 6 nitrogen and oxygen atoms in total. The van der Waals surface area contributed by atoms with Crippen LogP contribution in [0.3, 0.4) is 0 Å². The molecule has 3 aromatic carbocycles. The maximum Gasteiger partial charge on any atom is 0.242 e. The predicted molar refractivity (Wildman–Crippen MR) is 108 cm³/mol. The topological polar surface area (TPSA) is 82.3 Å². The molecule has 0 amide bonds. The normalized spacial score (nSPS) is 11.3. The van der Waals surface area contributed by atoms with E-state index in [1.54, 1.807) is 42.5 Å². The summed E-state index contributed by atoms with van der Waals surface area (Å²) in [6.45, 7) is 0.476. The number of hydrogen-bond acceptors (Lipinski definition) is 6. The molecule has 29 heavy (non-hydrogen) atoms. The Bertz CT molecular complexity index is 1170. The molecular formula is C22H18N2O4S. The lowest BCUT2D eigenvalue weighted by molar-refractivity contribution is 0.306. The fourth-order valence-corrected chi connectivity index (χ4v) is 3.93. The van der Waals surface area contributed by atoms with E-state index >= 15 is 0 Å². The molecule has 0 aliphatic rings. The minimum absolute atomic E-state index is 0.0493. The Balaban J connectivity index is 1.43. The van der Waals surface area contributed by atoms with Crippen molar-refractivity contribution in [2.24, 2.45) is 0 Å². The van der Waals surface area contributed by atoms with E-state index in [0.29, 0.717) is 23.7 Å². The molecule has 1 heterocycles. The Morgan fingerprint density at radius 3 is 2.17 bits per heavy atom. The zero-order chi connectivity index (χ0) is 20.1. The van der Waals surface area contributed by atoms with Gasteiger partial charge in [-0.2, -0.15) is 4.98 Å². The van der Waals surface area contributed by atoms with Gasteiger partial charge in [-0.15, -0.1) is 0 Å². The summed E-state index contributed by atoms with van der Waals surface area (Å²) in [5.74, 6) is 0.751. The predicted octanol–water partition coefficient (Wildman–Crippen LogP) is 4.29. The van der Waals surface area contributed by atoms with Gasteiger partial charge >= 0.3 is 0 Å². The van der Waals surface area contributed by atoms with Crippen LogP contribution in [0.4, 0.5) is 0 Å². The largest absolute Gasteiger partial charge is 0.489 e. The Labute approximate surface area is 168 Å². The SMILES string of the molecule is O=S(=O)(Cc1nc(-c2ccc(OCc3ccccc3)cc2)no1)c1ccccc1. The monoisotopic (exact) mass is 406 g/mol. The van der Waals surface area contributed by atoms with Gasteiger partial charge in [-0.25, -0.2) is 8.42 Å². The van der Waals surface area contributed by atoms with Crippen molar-refractivity contribution < 1.29 is 17.7 Å². The quantitative estimate of drug-likeness (QED) is 0.455. The number of sulfone groups is 1. The lowest BCUT2D eigenvalue weighted by Crippen LogP contribution is -2.05. The van der Waals surface area contributed by atoms with Crippen LogP contribution in [-0.2, 0) is 22.2 Å². The lowest BCUT2D eigenvalue weighted by atomic mass is 10.2. The van der Waals surface area contributed by atoms with Gasteiger partial charge < -0.3 is 9.26 Å². The molecule has 0 bridgehead atoms. The molecule has 0 aliphatic carbocycles. The summed E-state index contributed by atoms with van der Waals surface area (Å²) in [6, 6.07) is 25.3. The Kier molecular flexibility index (Phi) is 5.39. The van der Waals surface area contributed by atoms with Crippen molar-refractivity contribution in [1.82, 2.24) is 10.1 Å². The number of rotatable bonds is 7. The first-order chi connectivity index (χ1) is 14.1. The molecule has 1 aromatic heterocycles. The molecule has 0 N–H and O–H groups in total. The van der Waals surface area contributed by atoms with Gasteiger partial charge in [0.15, 0.2) is 9.84 Å². The minimum Gasteiger partial charge on any atom is -0.489 e. The molecule has 0 aliphatic heterocycles. The average Bonchev–Trinajstić information content (AvgIpc) is 3.22. The van der Waals surface area contributed by atoms with Crippen LogP contribution in [0.5, 0.6) is 5.75 Å². The van der Waals surface area contributed by atoms with E-state index in [1.807, 2.05) is 42.5 Å². The second-order valence-electron chi connectivity index (χ2n) is 6.38. The molecule has 146 valence electrons. The molecule has 0 spiro atoms. The highest BCUT2D eigenvalue weighted by Gasteiger charge is 2.20. The summed E-state index contributed by atoms with van der Waals surface area (Å²) in [4.78, 5) is 4.44. The molecular weight excluding hydrogens is 388 g/mol. The van der Waals surface area contributed by atoms with Crippen LogP contribution >= 0.6 is 0 Å². The summed E-state index contributed by atoms with van der Waals surface area (Å²) >= 11 is 0. The van der Waals surface area contributed by atoms with Gasteiger partial charge in [0, 0.05) is 5.56 Å². The molecule has 0 fully saturated rings. The second-order valence-corrected chi connectivity index (χ2v) is 8.37. The molecule has 0 radical (unpaired) electrons. The third kappa shape index (κ3) is 4.70. The van der Waals surface area contributed by atoms with Crippen molar-refractivity contribution in [3.05, 3.63) is 96.4 Å². The summed E-state index contributed by atoms with van der Waals surface area (Å²) in [7, 11) is -3.54. The van der Waals surface area contributed by atoms with Crippen LogP contribution in [0.1, 0.15) is 11.5 Å².